The molecule has 4 aliphatic rings. The minimum atomic E-state index is -0.977. The standard InChI is InChI=1S/C34H38N5O11S2/c1-19-28-27(20(2)40)32(42)37(28)29(33(43)50-24-10-8-23(9-11-24)39(47)48)30(19)51-25-16-26(31(41)35-12-14-52(3)15-13-35)36(17-25)34(44)49-18-21-4-6-22(7-5-21)38(45)46/h4-11,19-20,25-28,40H,12-18H2,1-3H3/q+1/t19-,20-,25+,26+,27-,28-/m1/s1. The van der Waals surface area contributed by atoms with Gasteiger partial charge in [0.1, 0.15) is 35.6 Å². The number of rotatable bonds is 10. The van der Waals surface area contributed by atoms with E-state index in [2.05, 4.69) is 6.26 Å². The lowest BCUT2D eigenvalue weighted by molar-refractivity contribution is -0.385. The summed E-state index contributed by atoms with van der Waals surface area (Å²) in [6.07, 6.45) is 0.688. The van der Waals surface area contributed by atoms with Crippen LogP contribution in [0, 0.1) is 32.1 Å². The number of aliphatic hydroxyl groups excluding tert-OH is 1. The van der Waals surface area contributed by atoms with Gasteiger partial charge >= 0.3 is 12.1 Å². The highest BCUT2D eigenvalue weighted by Crippen LogP contribution is 2.52. The number of carbonyl (C=O) groups is 4. The summed E-state index contributed by atoms with van der Waals surface area (Å²) in [5, 5.41) is 32.2. The average Bonchev–Trinajstić information content (AvgIpc) is 3.64. The van der Waals surface area contributed by atoms with Crippen molar-refractivity contribution in [3.63, 3.8) is 0 Å². The van der Waals surface area contributed by atoms with Crippen LogP contribution in [0.5, 0.6) is 5.75 Å². The zero-order valence-electron chi connectivity index (χ0n) is 28.6. The van der Waals surface area contributed by atoms with Gasteiger partial charge in [-0.3, -0.25) is 34.7 Å². The van der Waals surface area contributed by atoms with Crippen LogP contribution in [0.1, 0.15) is 25.8 Å². The minimum Gasteiger partial charge on any atom is -0.445 e. The molecule has 3 fully saturated rings. The maximum absolute atomic E-state index is 14.0. The van der Waals surface area contributed by atoms with E-state index >= 15 is 0 Å². The van der Waals surface area contributed by atoms with Crippen LogP contribution in [-0.2, 0) is 36.6 Å². The Kier molecular flexibility index (Phi) is 10.8. The second kappa shape index (κ2) is 15.1. The lowest BCUT2D eigenvalue weighted by atomic mass is 9.79. The molecule has 6 rings (SSSR count). The fourth-order valence-corrected chi connectivity index (χ4v) is 9.87. The quantitative estimate of drug-likeness (QED) is 0.0929. The largest absolute Gasteiger partial charge is 0.445 e. The molecule has 3 saturated heterocycles. The smallest absolute Gasteiger partial charge is 0.410 e. The third-order valence-corrected chi connectivity index (χ3v) is 13.1. The van der Waals surface area contributed by atoms with E-state index in [1.165, 1.54) is 77.0 Å². The number of hydrogen-bond donors (Lipinski definition) is 1. The summed E-state index contributed by atoms with van der Waals surface area (Å²) in [4.78, 5) is 80.7. The highest BCUT2D eigenvalue weighted by atomic mass is 32.2. The number of non-ortho nitro benzene ring substituents is 2. The highest BCUT2D eigenvalue weighted by Gasteiger charge is 2.61. The van der Waals surface area contributed by atoms with Crippen molar-refractivity contribution in [2.24, 2.45) is 11.8 Å². The number of aliphatic hydroxyl groups is 1. The Labute approximate surface area is 305 Å². The van der Waals surface area contributed by atoms with Gasteiger partial charge in [-0.2, -0.15) is 0 Å². The number of likely N-dealkylation sites (tertiary alicyclic amines) is 1. The summed E-state index contributed by atoms with van der Waals surface area (Å²) < 4.78 is 11.2. The van der Waals surface area contributed by atoms with E-state index in [1.807, 2.05) is 6.92 Å². The third kappa shape index (κ3) is 7.31. The number of fused-ring (bicyclic) bond motifs is 1. The first-order valence-electron chi connectivity index (χ1n) is 16.7. The van der Waals surface area contributed by atoms with E-state index in [1.54, 1.807) is 4.90 Å². The number of hydrogen-bond acceptors (Lipinski definition) is 12. The molecule has 4 heterocycles. The molecular weight excluding hydrogens is 719 g/mol. The first-order valence-corrected chi connectivity index (χ1v) is 19.5. The molecule has 276 valence electrons. The summed E-state index contributed by atoms with van der Waals surface area (Å²) >= 11 is 1.28. The molecule has 1 N–H and O–H groups in total. The summed E-state index contributed by atoms with van der Waals surface area (Å²) in [5.74, 6) is -0.876. The van der Waals surface area contributed by atoms with Crippen LogP contribution in [0.3, 0.4) is 0 Å². The van der Waals surface area contributed by atoms with Gasteiger partial charge in [0.05, 0.1) is 47.3 Å². The SMILES string of the molecule is C[C@@H](O)[C@H]1C(=O)N2C(C(=O)Oc3ccc([N+](=O)[O-])cc3)=C(S[C@H]3C[C@@H](C(=O)N4CC[S+](C)CC4)N(C(=O)OCc4ccc([N+](=O)[O-])cc4)C3)[C@H](C)[C@H]12. The van der Waals surface area contributed by atoms with Crippen molar-refractivity contribution in [2.75, 3.05) is 37.4 Å². The number of benzene rings is 2. The highest BCUT2D eigenvalue weighted by molar-refractivity contribution is 8.03. The first kappa shape index (κ1) is 37.1. The number of β-lactam (4-membered cyclic amide) rings is 1. The first-order chi connectivity index (χ1) is 24.7. The number of thioether (sulfide) groups is 1. The molecule has 2 aromatic rings. The van der Waals surface area contributed by atoms with Gasteiger partial charge in [0.2, 0.25) is 11.8 Å². The summed E-state index contributed by atoms with van der Waals surface area (Å²) in [5.41, 5.74) is 0.231. The molecule has 0 unspecified atom stereocenters. The number of carbonyl (C=O) groups excluding carboxylic acids is 4. The fraction of sp³-hybridized carbons (Fsp3) is 0.471. The summed E-state index contributed by atoms with van der Waals surface area (Å²) in [6, 6.07) is 9.18. The molecule has 0 bridgehead atoms. The van der Waals surface area contributed by atoms with E-state index in [9.17, 15) is 44.5 Å². The summed E-state index contributed by atoms with van der Waals surface area (Å²) in [7, 11) is 0.198. The number of esters is 1. The van der Waals surface area contributed by atoms with Gasteiger partial charge in [-0.15, -0.1) is 11.8 Å². The Bertz CT molecular complexity index is 1800. The second-order valence-electron chi connectivity index (χ2n) is 13.2. The zero-order chi connectivity index (χ0) is 37.4. The van der Waals surface area contributed by atoms with E-state index in [0.29, 0.717) is 23.6 Å². The predicted molar refractivity (Wildman–Crippen MR) is 190 cm³/mol. The van der Waals surface area contributed by atoms with Gasteiger partial charge in [0.25, 0.3) is 11.4 Å². The molecule has 0 saturated carbocycles. The van der Waals surface area contributed by atoms with Crippen molar-refractivity contribution in [1.82, 2.24) is 14.7 Å². The molecule has 4 aliphatic heterocycles. The molecule has 0 radical (unpaired) electrons. The molecule has 0 aliphatic carbocycles. The van der Waals surface area contributed by atoms with Gasteiger partial charge in [0, 0.05) is 46.9 Å². The molecule has 18 heteroatoms. The fourth-order valence-electron chi connectivity index (χ4n) is 7.08. The number of ether oxygens (including phenoxy) is 2. The molecule has 6 atom stereocenters. The number of nitro benzene ring substituents is 2. The molecule has 2 aromatic carbocycles. The third-order valence-electron chi connectivity index (χ3n) is 9.88. The van der Waals surface area contributed by atoms with Gasteiger partial charge in [-0.05, 0) is 54.1 Å². The van der Waals surface area contributed by atoms with Crippen LogP contribution in [0.4, 0.5) is 16.2 Å². The Morgan fingerprint density at radius 1 is 1.02 bits per heavy atom. The van der Waals surface area contributed by atoms with Crippen LogP contribution >= 0.6 is 11.8 Å². The average molecular weight is 757 g/mol. The van der Waals surface area contributed by atoms with Gasteiger partial charge in [0.15, 0.2) is 0 Å². The van der Waals surface area contributed by atoms with Crippen molar-refractivity contribution in [3.8, 4) is 5.75 Å². The van der Waals surface area contributed by atoms with Crippen molar-refractivity contribution in [1.29, 1.82) is 0 Å². The topological polar surface area (TPSA) is 203 Å². The van der Waals surface area contributed by atoms with E-state index < -0.39 is 63.1 Å². The monoisotopic (exact) mass is 756 g/mol. The van der Waals surface area contributed by atoms with Crippen LogP contribution in [0.2, 0.25) is 0 Å². The van der Waals surface area contributed by atoms with E-state index in [4.69, 9.17) is 9.47 Å². The molecule has 16 nitrogen and oxygen atoms in total. The molecule has 3 amide bonds. The van der Waals surface area contributed by atoms with Gasteiger partial charge in [-0.25, -0.2) is 9.59 Å². The van der Waals surface area contributed by atoms with Crippen molar-refractivity contribution in [2.45, 2.75) is 50.3 Å². The normalized spacial score (nSPS) is 25.0. The maximum Gasteiger partial charge on any atom is 0.410 e. The van der Waals surface area contributed by atoms with Crippen LogP contribution < -0.4 is 4.74 Å². The minimum absolute atomic E-state index is 0.00385. The Balaban J connectivity index is 1.25. The predicted octanol–water partition coefficient (Wildman–Crippen LogP) is 3.08. The number of amides is 3. The van der Waals surface area contributed by atoms with E-state index in [-0.39, 0.29) is 59.2 Å². The van der Waals surface area contributed by atoms with Crippen LogP contribution in [0.25, 0.3) is 0 Å². The molecule has 0 aromatic heterocycles. The van der Waals surface area contributed by atoms with Crippen molar-refractivity contribution >= 4 is 57.9 Å². The Hall–Kier alpha value is -4.68. The molecule has 0 spiro atoms. The van der Waals surface area contributed by atoms with Gasteiger partial charge < -0.3 is 24.4 Å². The lowest BCUT2D eigenvalue weighted by Crippen LogP contribution is -2.63. The Morgan fingerprint density at radius 3 is 2.19 bits per heavy atom. The van der Waals surface area contributed by atoms with Crippen LogP contribution in [0.15, 0.2) is 59.1 Å². The van der Waals surface area contributed by atoms with E-state index in [0.717, 1.165) is 11.5 Å². The number of nitro groups is 2. The van der Waals surface area contributed by atoms with Crippen molar-refractivity contribution < 1.29 is 43.6 Å². The lowest BCUT2D eigenvalue weighted by Gasteiger charge is -2.46. The summed E-state index contributed by atoms with van der Waals surface area (Å²) in [6.45, 7) is 4.41. The second-order valence-corrected chi connectivity index (χ2v) is 17.0. The molecule has 52 heavy (non-hydrogen) atoms. The van der Waals surface area contributed by atoms with Gasteiger partial charge in [-0.1, -0.05) is 6.92 Å². The zero-order valence-corrected chi connectivity index (χ0v) is 30.2. The number of nitrogens with zero attached hydrogens (tertiary/aromatic N) is 5. The Morgan fingerprint density at radius 2 is 1.62 bits per heavy atom. The maximum atomic E-state index is 14.0. The molecular formula is C34H38N5O11S2+. The van der Waals surface area contributed by atoms with Crippen LogP contribution in [-0.4, -0.2) is 114 Å². The van der Waals surface area contributed by atoms with Crippen molar-refractivity contribution in [3.05, 3.63) is 84.9 Å².